The van der Waals surface area contributed by atoms with Crippen LogP contribution in [-0.4, -0.2) is 6.61 Å². The van der Waals surface area contributed by atoms with Crippen molar-refractivity contribution in [3.63, 3.8) is 0 Å². The second-order valence-corrected chi connectivity index (χ2v) is 4.51. The van der Waals surface area contributed by atoms with Gasteiger partial charge >= 0.3 is 0 Å². The summed E-state index contributed by atoms with van der Waals surface area (Å²) >= 11 is 0. The van der Waals surface area contributed by atoms with E-state index < -0.39 is 11.6 Å². The van der Waals surface area contributed by atoms with Gasteiger partial charge in [0.2, 0.25) is 0 Å². The molecule has 0 aliphatic carbocycles. The third-order valence-electron chi connectivity index (χ3n) is 3.18. The van der Waals surface area contributed by atoms with Crippen molar-refractivity contribution in [1.82, 2.24) is 0 Å². The Morgan fingerprint density at radius 2 is 2.00 bits per heavy atom. The molecule has 0 saturated heterocycles. The average molecular weight is 261 g/mol. The molecule has 1 N–H and O–H groups in total. The van der Waals surface area contributed by atoms with Crippen LogP contribution < -0.4 is 10.1 Å². The molecule has 0 radical (unpaired) electrons. The van der Waals surface area contributed by atoms with Crippen LogP contribution in [0, 0.1) is 11.6 Å². The van der Waals surface area contributed by atoms with Crippen molar-refractivity contribution in [2.24, 2.45) is 0 Å². The largest absolute Gasteiger partial charge is 0.493 e. The molecule has 98 valence electrons. The van der Waals surface area contributed by atoms with Gasteiger partial charge in [-0.2, -0.15) is 0 Å². The molecule has 0 bridgehead atoms. The maximum Gasteiger partial charge on any atom is 0.128 e. The van der Waals surface area contributed by atoms with Gasteiger partial charge in [-0.15, -0.1) is 0 Å². The van der Waals surface area contributed by atoms with E-state index in [9.17, 15) is 8.78 Å². The Bertz CT molecular complexity index is 613. The highest BCUT2D eigenvalue weighted by Crippen LogP contribution is 2.28. The Kier molecular flexibility index (Phi) is 3.07. The predicted octanol–water partition coefficient (Wildman–Crippen LogP) is 3.51. The van der Waals surface area contributed by atoms with Crippen LogP contribution in [0.2, 0.25) is 0 Å². The Morgan fingerprint density at radius 3 is 2.89 bits per heavy atom. The van der Waals surface area contributed by atoms with Crippen LogP contribution in [0.15, 0.2) is 36.4 Å². The number of fused-ring (bicyclic) bond motifs is 1. The summed E-state index contributed by atoms with van der Waals surface area (Å²) in [7, 11) is 0. The number of rotatable bonds is 3. The highest BCUT2D eigenvalue weighted by molar-refractivity contribution is 5.52. The monoisotopic (exact) mass is 261 g/mol. The van der Waals surface area contributed by atoms with E-state index in [0.29, 0.717) is 12.2 Å². The minimum absolute atomic E-state index is 0.253. The number of ether oxygens (including phenoxy) is 1. The number of hydrogen-bond donors (Lipinski definition) is 1. The summed E-state index contributed by atoms with van der Waals surface area (Å²) < 4.78 is 31.9. The molecule has 0 spiro atoms. The van der Waals surface area contributed by atoms with E-state index in [1.807, 2.05) is 18.2 Å². The van der Waals surface area contributed by atoms with Crippen molar-refractivity contribution in [2.75, 3.05) is 11.9 Å². The van der Waals surface area contributed by atoms with Crippen molar-refractivity contribution in [1.29, 1.82) is 0 Å². The highest BCUT2D eigenvalue weighted by atomic mass is 19.1. The van der Waals surface area contributed by atoms with Gasteiger partial charge in [0.05, 0.1) is 6.61 Å². The zero-order chi connectivity index (χ0) is 13.2. The molecule has 0 amide bonds. The molecule has 2 aromatic rings. The Hall–Kier alpha value is -2.10. The van der Waals surface area contributed by atoms with Crippen LogP contribution in [0.4, 0.5) is 14.5 Å². The summed E-state index contributed by atoms with van der Waals surface area (Å²) in [5.74, 6) is 0.0708. The van der Waals surface area contributed by atoms with Crippen molar-refractivity contribution in [3.05, 3.63) is 59.2 Å². The van der Waals surface area contributed by atoms with Crippen molar-refractivity contribution in [3.8, 4) is 5.75 Å². The SMILES string of the molecule is Fc1ccc(F)c(CNc2ccc3c(c2)CCO3)c1. The number of benzene rings is 2. The summed E-state index contributed by atoms with van der Waals surface area (Å²) in [6.07, 6.45) is 0.888. The van der Waals surface area contributed by atoms with Crippen LogP contribution in [-0.2, 0) is 13.0 Å². The molecule has 1 aliphatic rings. The zero-order valence-corrected chi connectivity index (χ0v) is 10.2. The number of anilines is 1. The van der Waals surface area contributed by atoms with Crippen LogP contribution in [0.25, 0.3) is 0 Å². The summed E-state index contributed by atoms with van der Waals surface area (Å²) in [4.78, 5) is 0. The maximum atomic E-state index is 13.5. The molecular weight excluding hydrogens is 248 g/mol. The number of hydrogen-bond acceptors (Lipinski definition) is 2. The van der Waals surface area contributed by atoms with Crippen LogP contribution in [0.3, 0.4) is 0 Å². The lowest BCUT2D eigenvalue weighted by atomic mass is 10.1. The summed E-state index contributed by atoms with van der Waals surface area (Å²) in [6, 6.07) is 9.22. The smallest absolute Gasteiger partial charge is 0.128 e. The van der Waals surface area contributed by atoms with Crippen LogP contribution in [0.1, 0.15) is 11.1 Å². The highest BCUT2D eigenvalue weighted by Gasteiger charge is 2.12. The third-order valence-corrected chi connectivity index (χ3v) is 3.18. The molecule has 0 fully saturated rings. The van der Waals surface area contributed by atoms with Gasteiger partial charge in [0.15, 0.2) is 0 Å². The fourth-order valence-electron chi connectivity index (χ4n) is 2.17. The molecule has 4 heteroatoms. The first-order valence-electron chi connectivity index (χ1n) is 6.16. The summed E-state index contributed by atoms with van der Waals surface area (Å²) in [5, 5.41) is 3.10. The second kappa shape index (κ2) is 4.88. The topological polar surface area (TPSA) is 21.3 Å². The van der Waals surface area contributed by atoms with Gasteiger partial charge in [-0.1, -0.05) is 0 Å². The first-order chi connectivity index (χ1) is 9.22. The first-order valence-corrected chi connectivity index (χ1v) is 6.16. The van der Waals surface area contributed by atoms with Gasteiger partial charge in [0.25, 0.3) is 0 Å². The molecule has 19 heavy (non-hydrogen) atoms. The van der Waals surface area contributed by atoms with E-state index in [1.54, 1.807) is 0 Å². The maximum absolute atomic E-state index is 13.5. The molecule has 0 aromatic heterocycles. The lowest BCUT2D eigenvalue weighted by molar-refractivity contribution is 0.357. The quantitative estimate of drug-likeness (QED) is 0.912. The van der Waals surface area contributed by atoms with Gasteiger partial charge in [0.1, 0.15) is 17.4 Å². The third kappa shape index (κ3) is 2.52. The van der Waals surface area contributed by atoms with E-state index in [4.69, 9.17) is 4.74 Å². The number of halogens is 2. The fraction of sp³-hybridized carbons (Fsp3) is 0.200. The Labute approximate surface area is 110 Å². The Balaban J connectivity index is 1.74. The minimum atomic E-state index is -0.430. The van der Waals surface area contributed by atoms with Gasteiger partial charge in [-0.25, -0.2) is 8.78 Å². The van der Waals surface area contributed by atoms with Crippen LogP contribution in [0.5, 0.6) is 5.75 Å². The van der Waals surface area contributed by atoms with Crippen LogP contribution >= 0.6 is 0 Å². The van der Waals surface area contributed by atoms with E-state index in [2.05, 4.69) is 5.32 Å². The number of nitrogens with one attached hydrogen (secondary N) is 1. The molecule has 3 rings (SSSR count). The molecule has 0 unspecified atom stereocenters. The van der Waals surface area contributed by atoms with E-state index in [-0.39, 0.29) is 6.54 Å². The molecule has 2 aromatic carbocycles. The first kappa shape index (κ1) is 12.0. The van der Waals surface area contributed by atoms with Crippen molar-refractivity contribution in [2.45, 2.75) is 13.0 Å². The fourth-order valence-corrected chi connectivity index (χ4v) is 2.17. The summed E-state index contributed by atoms with van der Waals surface area (Å²) in [5.41, 5.74) is 2.34. The lowest BCUT2D eigenvalue weighted by Crippen LogP contribution is -2.02. The molecule has 0 saturated carbocycles. The standard InChI is InChI=1S/C15H13F2NO/c16-12-1-3-14(17)11(7-12)9-18-13-2-4-15-10(8-13)5-6-19-15/h1-4,7-8,18H,5-6,9H2. The Morgan fingerprint density at radius 1 is 1.11 bits per heavy atom. The molecule has 2 nitrogen and oxygen atoms in total. The van der Waals surface area contributed by atoms with Crippen molar-refractivity contribution < 1.29 is 13.5 Å². The normalized spacial score (nSPS) is 12.9. The second-order valence-electron chi connectivity index (χ2n) is 4.51. The van der Waals surface area contributed by atoms with Gasteiger partial charge < -0.3 is 10.1 Å². The van der Waals surface area contributed by atoms with Gasteiger partial charge in [-0.3, -0.25) is 0 Å². The minimum Gasteiger partial charge on any atom is -0.493 e. The van der Waals surface area contributed by atoms with E-state index in [0.717, 1.165) is 35.6 Å². The molecule has 1 aliphatic heterocycles. The molecular formula is C15H13F2NO. The predicted molar refractivity (Wildman–Crippen MR) is 69.3 cm³/mol. The van der Waals surface area contributed by atoms with Gasteiger partial charge in [0, 0.05) is 24.2 Å². The van der Waals surface area contributed by atoms with Gasteiger partial charge in [-0.05, 0) is 42.0 Å². The average Bonchev–Trinajstić information content (AvgIpc) is 2.87. The van der Waals surface area contributed by atoms with E-state index >= 15 is 0 Å². The zero-order valence-electron chi connectivity index (χ0n) is 10.2. The molecule has 0 atom stereocenters. The molecule has 1 heterocycles. The summed E-state index contributed by atoms with van der Waals surface area (Å²) in [6.45, 7) is 0.959. The lowest BCUT2D eigenvalue weighted by Gasteiger charge is -2.09. The van der Waals surface area contributed by atoms with Crippen molar-refractivity contribution >= 4 is 5.69 Å². The van der Waals surface area contributed by atoms with E-state index in [1.165, 1.54) is 6.07 Å².